The van der Waals surface area contributed by atoms with Crippen LogP contribution >= 0.6 is 11.3 Å². The van der Waals surface area contributed by atoms with Crippen molar-refractivity contribution in [3.63, 3.8) is 0 Å². The zero-order valence-electron chi connectivity index (χ0n) is 5.32. The van der Waals surface area contributed by atoms with Crippen LogP contribution in [-0.2, 0) is 0 Å². The predicted molar refractivity (Wildman–Crippen MR) is 40.0 cm³/mol. The van der Waals surface area contributed by atoms with Crippen molar-refractivity contribution in [2.24, 2.45) is 5.73 Å². The van der Waals surface area contributed by atoms with E-state index in [0.717, 1.165) is 0 Å². The highest BCUT2D eigenvalue weighted by atomic mass is 32.1. The van der Waals surface area contributed by atoms with E-state index in [-0.39, 0.29) is 12.4 Å². The van der Waals surface area contributed by atoms with Gasteiger partial charge in [0.15, 0.2) is 0 Å². The smallest absolute Gasteiger partial charge is 0.131 e. The van der Waals surface area contributed by atoms with Gasteiger partial charge in [0.25, 0.3) is 0 Å². The van der Waals surface area contributed by atoms with E-state index in [0.29, 0.717) is 5.56 Å². The van der Waals surface area contributed by atoms with Gasteiger partial charge in [0.2, 0.25) is 0 Å². The highest BCUT2D eigenvalue weighted by Crippen LogP contribution is 2.26. The molecule has 1 unspecified atom stereocenters. The lowest BCUT2D eigenvalue weighted by Crippen LogP contribution is -2.13. The molecule has 0 bridgehead atoms. The number of aliphatic hydroxyl groups is 1. The average Bonchev–Trinajstić information content (AvgIpc) is 2.34. The Morgan fingerprint density at radius 1 is 1.60 bits per heavy atom. The number of aromatic hydroxyl groups is 1. The van der Waals surface area contributed by atoms with Crippen molar-refractivity contribution < 1.29 is 10.2 Å². The fourth-order valence-corrected chi connectivity index (χ4v) is 1.45. The third-order valence-corrected chi connectivity index (χ3v) is 2.02. The number of aliphatic hydroxyl groups excluding tert-OH is 1. The van der Waals surface area contributed by atoms with E-state index in [4.69, 9.17) is 15.9 Å². The summed E-state index contributed by atoms with van der Waals surface area (Å²) < 4.78 is 0. The minimum absolute atomic E-state index is 0.135. The van der Waals surface area contributed by atoms with Crippen LogP contribution in [0.4, 0.5) is 0 Å². The molecule has 0 aliphatic heterocycles. The first-order valence-corrected chi connectivity index (χ1v) is 3.81. The summed E-state index contributed by atoms with van der Waals surface area (Å²) in [6.07, 6.45) is 0. The van der Waals surface area contributed by atoms with E-state index in [2.05, 4.69) is 0 Å². The molecule has 0 aliphatic rings. The summed E-state index contributed by atoms with van der Waals surface area (Å²) in [5.74, 6) is 0.173. The molecular formula is C6H9NO2S. The molecule has 1 atom stereocenters. The molecule has 4 N–H and O–H groups in total. The molecule has 10 heavy (non-hydrogen) atoms. The van der Waals surface area contributed by atoms with Crippen molar-refractivity contribution in [2.75, 3.05) is 6.61 Å². The molecule has 4 heteroatoms. The van der Waals surface area contributed by atoms with Gasteiger partial charge >= 0.3 is 0 Å². The van der Waals surface area contributed by atoms with Crippen LogP contribution in [0.5, 0.6) is 5.75 Å². The molecule has 1 aromatic rings. The maximum Gasteiger partial charge on any atom is 0.131 e. The maximum atomic E-state index is 9.07. The summed E-state index contributed by atoms with van der Waals surface area (Å²) in [5.41, 5.74) is 6.05. The highest BCUT2D eigenvalue weighted by molar-refractivity contribution is 7.08. The molecule has 0 saturated carbocycles. The Kier molecular flexibility index (Phi) is 2.26. The Morgan fingerprint density at radius 2 is 2.30 bits per heavy atom. The van der Waals surface area contributed by atoms with Crippen LogP contribution in [0.3, 0.4) is 0 Å². The molecule has 3 nitrogen and oxygen atoms in total. The summed E-state index contributed by atoms with van der Waals surface area (Å²) in [4.78, 5) is 0. The van der Waals surface area contributed by atoms with Crippen LogP contribution in [0.15, 0.2) is 10.8 Å². The van der Waals surface area contributed by atoms with Crippen molar-refractivity contribution in [3.8, 4) is 5.75 Å². The quantitative estimate of drug-likeness (QED) is 0.586. The Labute approximate surface area is 62.7 Å². The first kappa shape index (κ1) is 7.53. The first-order chi connectivity index (χ1) is 4.75. The molecule has 0 amide bonds. The van der Waals surface area contributed by atoms with Gasteiger partial charge in [-0.15, -0.1) is 11.3 Å². The number of hydrogen-bond acceptors (Lipinski definition) is 4. The van der Waals surface area contributed by atoms with Gasteiger partial charge in [-0.2, -0.15) is 0 Å². The van der Waals surface area contributed by atoms with E-state index in [9.17, 15) is 0 Å². The van der Waals surface area contributed by atoms with E-state index in [1.807, 2.05) is 0 Å². The fraction of sp³-hybridized carbons (Fsp3) is 0.333. The molecule has 56 valence electrons. The molecule has 1 heterocycles. The summed E-state index contributed by atoms with van der Waals surface area (Å²) >= 11 is 1.37. The molecular weight excluding hydrogens is 150 g/mol. The number of nitrogens with two attached hydrogens (primary N) is 1. The van der Waals surface area contributed by atoms with Crippen molar-refractivity contribution in [3.05, 3.63) is 16.3 Å². The lowest BCUT2D eigenvalue weighted by molar-refractivity contribution is 0.265. The lowest BCUT2D eigenvalue weighted by atomic mass is 10.2. The zero-order chi connectivity index (χ0) is 7.56. The van der Waals surface area contributed by atoms with Gasteiger partial charge in [0.05, 0.1) is 12.6 Å². The number of rotatable bonds is 2. The molecule has 1 aromatic heterocycles. The number of hydrogen-bond donors (Lipinski definition) is 3. The second-order valence-corrected chi connectivity index (χ2v) is 2.75. The van der Waals surface area contributed by atoms with E-state index < -0.39 is 6.04 Å². The summed E-state index contributed by atoms with van der Waals surface area (Å²) in [6, 6.07) is -0.453. The lowest BCUT2D eigenvalue weighted by Gasteiger charge is -2.04. The van der Waals surface area contributed by atoms with Gasteiger partial charge in [-0.05, 0) is 5.38 Å². The molecule has 0 fully saturated rings. The topological polar surface area (TPSA) is 66.5 Å². The van der Waals surface area contributed by atoms with Crippen LogP contribution < -0.4 is 5.73 Å². The van der Waals surface area contributed by atoms with Crippen molar-refractivity contribution in [1.29, 1.82) is 0 Å². The fourth-order valence-electron chi connectivity index (χ4n) is 0.676. The van der Waals surface area contributed by atoms with Gasteiger partial charge in [0.1, 0.15) is 5.75 Å². The van der Waals surface area contributed by atoms with Crippen LogP contribution in [0, 0.1) is 0 Å². The Balaban J connectivity index is 2.82. The van der Waals surface area contributed by atoms with E-state index >= 15 is 0 Å². The molecule has 1 rings (SSSR count). The zero-order valence-corrected chi connectivity index (χ0v) is 6.14. The van der Waals surface area contributed by atoms with Crippen LogP contribution in [-0.4, -0.2) is 16.8 Å². The van der Waals surface area contributed by atoms with Gasteiger partial charge in [0, 0.05) is 10.9 Å². The van der Waals surface area contributed by atoms with Crippen LogP contribution in [0.2, 0.25) is 0 Å². The maximum absolute atomic E-state index is 9.07. The Hall–Kier alpha value is -0.580. The standard InChI is InChI=1S/C6H9NO2S/c7-5(1-8)4-2-10-3-6(4)9/h2-3,5,8-9H,1,7H2. The van der Waals surface area contributed by atoms with Crippen molar-refractivity contribution in [2.45, 2.75) is 6.04 Å². The van der Waals surface area contributed by atoms with Crippen molar-refractivity contribution >= 4 is 11.3 Å². The SMILES string of the molecule is NC(CO)c1cscc1O. The molecule has 0 spiro atoms. The Morgan fingerprint density at radius 3 is 2.70 bits per heavy atom. The minimum atomic E-state index is -0.453. The molecule has 0 saturated heterocycles. The normalized spacial score (nSPS) is 13.4. The molecule has 0 aromatic carbocycles. The van der Waals surface area contributed by atoms with Crippen molar-refractivity contribution in [1.82, 2.24) is 0 Å². The van der Waals surface area contributed by atoms with Crippen LogP contribution in [0.1, 0.15) is 11.6 Å². The highest BCUT2D eigenvalue weighted by Gasteiger charge is 2.09. The van der Waals surface area contributed by atoms with Gasteiger partial charge in [-0.1, -0.05) is 0 Å². The third-order valence-electron chi connectivity index (χ3n) is 1.27. The predicted octanol–water partition coefficient (Wildman–Crippen LogP) is 0.446. The largest absolute Gasteiger partial charge is 0.507 e. The van der Waals surface area contributed by atoms with Gasteiger partial charge in [-0.25, -0.2) is 0 Å². The monoisotopic (exact) mass is 159 g/mol. The van der Waals surface area contributed by atoms with Gasteiger partial charge < -0.3 is 15.9 Å². The Bertz CT molecular complexity index is 211. The average molecular weight is 159 g/mol. The second-order valence-electron chi connectivity index (χ2n) is 2.00. The minimum Gasteiger partial charge on any atom is -0.507 e. The van der Waals surface area contributed by atoms with Crippen LogP contribution in [0.25, 0.3) is 0 Å². The van der Waals surface area contributed by atoms with Gasteiger partial charge in [-0.3, -0.25) is 0 Å². The summed E-state index contributed by atoms with van der Waals surface area (Å²) in [7, 11) is 0. The third kappa shape index (κ3) is 1.29. The summed E-state index contributed by atoms with van der Waals surface area (Å²) in [6.45, 7) is -0.135. The first-order valence-electron chi connectivity index (χ1n) is 2.87. The van der Waals surface area contributed by atoms with E-state index in [1.54, 1.807) is 10.8 Å². The van der Waals surface area contributed by atoms with E-state index in [1.165, 1.54) is 11.3 Å². The summed E-state index contributed by atoms with van der Waals surface area (Å²) in [5, 5.41) is 21.0. The molecule has 0 radical (unpaired) electrons. The second kappa shape index (κ2) is 3.01. The number of thiophene rings is 1. The molecule has 0 aliphatic carbocycles.